The Bertz CT molecular complexity index is 1460. The molecule has 34 heavy (non-hydrogen) atoms. The van der Waals surface area contributed by atoms with E-state index in [2.05, 4.69) is 59.5 Å². The van der Waals surface area contributed by atoms with Crippen molar-refractivity contribution in [1.29, 1.82) is 0 Å². The van der Waals surface area contributed by atoms with Crippen molar-refractivity contribution in [3.63, 3.8) is 0 Å². The molecule has 0 bridgehead atoms. The number of rotatable bonds is 3. The predicted octanol–water partition coefficient (Wildman–Crippen LogP) is 5.30. The Hall–Kier alpha value is -4.18. The standard InChI is InChI=1S/C30H23N3O/c34-29-30(24-15-7-8-17-26(24)33(29)20-21-10-3-1-4-11-21)25-16-9-14-22-18-19-32(27(22)25)28(31-30)23-12-5-2-6-13-23/h1-17H,18-20H2. The van der Waals surface area contributed by atoms with Gasteiger partial charge in [-0.1, -0.05) is 97.1 Å². The number of para-hydroxylation sites is 2. The van der Waals surface area contributed by atoms with E-state index in [1.807, 2.05) is 53.4 Å². The average Bonchev–Trinajstić information content (AvgIpc) is 3.42. The van der Waals surface area contributed by atoms with E-state index >= 15 is 0 Å². The highest BCUT2D eigenvalue weighted by atomic mass is 16.2. The lowest BCUT2D eigenvalue weighted by atomic mass is 9.81. The van der Waals surface area contributed by atoms with Gasteiger partial charge in [0.25, 0.3) is 5.91 Å². The number of hydrogen-bond acceptors (Lipinski definition) is 3. The minimum absolute atomic E-state index is 0.0194. The fourth-order valence-corrected chi connectivity index (χ4v) is 5.77. The summed E-state index contributed by atoms with van der Waals surface area (Å²) in [5.41, 5.74) is 6.40. The summed E-state index contributed by atoms with van der Waals surface area (Å²) in [5, 5.41) is 0. The molecule has 3 heterocycles. The predicted molar refractivity (Wildman–Crippen MR) is 135 cm³/mol. The molecule has 0 aliphatic carbocycles. The second-order valence-corrected chi connectivity index (χ2v) is 9.12. The largest absolute Gasteiger partial charge is 0.325 e. The average molecular weight is 442 g/mol. The molecule has 0 aromatic heterocycles. The van der Waals surface area contributed by atoms with Crippen molar-refractivity contribution >= 4 is 23.1 Å². The minimum Gasteiger partial charge on any atom is -0.325 e. The maximum atomic E-state index is 14.5. The molecule has 4 heteroatoms. The lowest BCUT2D eigenvalue weighted by Crippen LogP contribution is -2.46. The lowest BCUT2D eigenvalue weighted by molar-refractivity contribution is -0.121. The van der Waals surface area contributed by atoms with E-state index in [4.69, 9.17) is 4.99 Å². The molecule has 0 saturated heterocycles. The zero-order valence-corrected chi connectivity index (χ0v) is 18.7. The second kappa shape index (κ2) is 7.16. The summed E-state index contributed by atoms with van der Waals surface area (Å²) >= 11 is 0. The van der Waals surface area contributed by atoms with Gasteiger partial charge in [0.2, 0.25) is 0 Å². The molecule has 7 rings (SSSR count). The number of carbonyl (C=O) groups is 1. The van der Waals surface area contributed by atoms with E-state index < -0.39 is 5.54 Å². The van der Waals surface area contributed by atoms with Crippen LogP contribution in [0.15, 0.2) is 108 Å². The SMILES string of the molecule is O=C1N(Cc2ccccc2)c2ccccc2C12N=C(c1ccccc1)N1CCc3cccc2c31. The molecule has 1 atom stereocenters. The van der Waals surface area contributed by atoms with Gasteiger partial charge in [0.15, 0.2) is 5.54 Å². The topological polar surface area (TPSA) is 35.9 Å². The maximum absolute atomic E-state index is 14.5. The Morgan fingerprint density at radius 1 is 0.765 bits per heavy atom. The molecule has 0 N–H and O–H groups in total. The van der Waals surface area contributed by atoms with Crippen LogP contribution >= 0.6 is 0 Å². The molecule has 1 unspecified atom stereocenters. The normalized spacial score (nSPS) is 19.9. The molecule has 4 aromatic rings. The van der Waals surface area contributed by atoms with Gasteiger partial charge in [-0.15, -0.1) is 0 Å². The first-order chi connectivity index (χ1) is 16.8. The third-order valence-corrected chi connectivity index (χ3v) is 7.27. The van der Waals surface area contributed by atoms with Crippen LogP contribution in [0.5, 0.6) is 0 Å². The van der Waals surface area contributed by atoms with Crippen molar-refractivity contribution in [1.82, 2.24) is 0 Å². The van der Waals surface area contributed by atoms with Crippen molar-refractivity contribution in [3.8, 4) is 0 Å². The summed E-state index contributed by atoms with van der Waals surface area (Å²) in [6.07, 6.45) is 0.953. The molecule has 1 spiro atoms. The molecule has 3 aliphatic heterocycles. The summed E-state index contributed by atoms with van der Waals surface area (Å²) in [5.74, 6) is 0.897. The van der Waals surface area contributed by atoms with Crippen LogP contribution in [-0.4, -0.2) is 18.3 Å². The Morgan fingerprint density at radius 3 is 2.29 bits per heavy atom. The van der Waals surface area contributed by atoms with Gasteiger partial charge in [-0.2, -0.15) is 0 Å². The number of amides is 1. The smallest absolute Gasteiger partial charge is 0.264 e. The van der Waals surface area contributed by atoms with Crippen LogP contribution in [0.25, 0.3) is 0 Å². The monoisotopic (exact) mass is 441 g/mol. The van der Waals surface area contributed by atoms with Crippen molar-refractivity contribution in [3.05, 3.63) is 131 Å². The van der Waals surface area contributed by atoms with Gasteiger partial charge in [-0.25, -0.2) is 4.99 Å². The van der Waals surface area contributed by atoms with Gasteiger partial charge in [0.1, 0.15) is 5.84 Å². The van der Waals surface area contributed by atoms with Crippen LogP contribution in [0.2, 0.25) is 0 Å². The van der Waals surface area contributed by atoms with Crippen LogP contribution in [0.4, 0.5) is 11.4 Å². The van der Waals surface area contributed by atoms with Gasteiger partial charge >= 0.3 is 0 Å². The van der Waals surface area contributed by atoms with E-state index in [9.17, 15) is 4.79 Å². The Kier molecular flexibility index (Phi) is 4.06. The summed E-state index contributed by atoms with van der Waals surface area (Å²) in [4.78, 5) is 24.1. The molecule has 0 fully saturated rings. The first-order valence-corrected chi connectivity index (χ1v) is 11.8. The number of nitrogens with zero attached hydrogens (tertiary/aromatic N) is 3. The highest BCUT2D eigenvalue weighted by Gasteiger charge is 2.56. The summed E-state index contributed by atoms with van der Waals surface area (Å²) < 4.78 is 0. The highest BCUT2D eigenvalue weighted by Crippen LogP contribution is 2.54. The van der Waals surface area contributed by atoms with Gasteiger partial charge < -0.3 is 9.80 Å². The Balaban J connectivity index is 1.50. The van der Waals surface area contributed by atoms with Crippen LogP contribution in [-0.2, 0) is 23.3 Å². The molecular formula is C30H23N3O. The molecular weight excluding hydrogens is 418 g/mol. The van der Waals surface area contributed by atoms with Crippen LogP contribution in [0.3, 0.4) is 0 Å². The van der Waals surface area contributed by atoms with Gasteiger partial charge in [-0.05, 0) is 23.6 Å². The summed E-state index contributed by atoms with van der Waals surface area (Å²) in [6, 6.07) is 35.0. The number of hydrogen-bond donors (Lipinski definition) is 0. The molecule has 164 valence electrons. The number of anilines is 2. The highest BCUT2D eigenvalue weighted by molar-refractivity contribution is 6.19. The van der Waals surface area contributed by atoms with Gasteiger partial charge in [-0.3, -0.25) is 4.79 Å². The van der Waals surface area contributed by atoms with Crippen molar-refractivity contribution in [2.75, 3.05) is 16.3 Å². The molecule has 0 radical (unpaired) electrons. The van der Waals surface area contributed by atoms with Crippen LogP contribution < -0.4 is 9.80 Å². The fraction of sp³-hybridized carbons (Fsp3) is 0.133. The van der Waals surface area contributed by atoms with E-state index in [1.54, 1.807) is 0 Å². The summed E-state index contributed by atoms with van der Waals surface area (Å²) in [7, 11) is 0. The fourth-order valence-electron chi connectivity index (χ4n) is 5.77. The maximum Gasteiger partial charge on any atom is 0.264 e. The minimum atomic E-state index is -1.08. The van der Waals surface area contributed by atoms with Crippen molar-refractivity contribution in [2.24, 2.45) is 4.99 Å². The van der Waals surface area contributed by atoms with Crippen molar-refractivity contribution < 1.29 is 4.79 Å². The van der Waals surface area contributed by atoms with E-state index in [0.29, 0.717) is 6.54 Å². The molecule has 4 nitrogen and oxygen atoms in total. The third-order valence-electron chi connectivity index (χ3n) is 7.27. The first kappa shape index (κ1) is 19.3. The number of carbonyl (C=O) groups excluding carboxylic acids is 1. The number of fused-ring (bicyclic) bond motifs is 3. The lowest BCUT2D eigenvalue weighted by Gasteiger charge is -2.37. The van der Waals surface area contributed by atoms with E-state index in [1.165, 1.54) is 5.56 Å². The third kappa shape index (κ3) is 2.54. The van der Waals surface area contributed by atoms with Crippen LogP contribution in [0.1, 0.15) is 27.8 Å². The molecule has 0 saturated carbocycles. The van der Waals surface area contributed by atoms with Gasteiger partial charge in [0, 0.05) is 23.2 Å². The Morgan fingerprint density at radius 2 is 1.47 bits per heavy atom. The second-order valence-electron chi connectivity index (χ2n) is 9.12. The Labute approximate surface area is 198 Å². The summed E-state index contributed by atoms with van der Waals surface area (Å²) in [6.45, 7) is 1.40. The van der Waals surface area contributed by atoms with Crippen molar-refractivity contribution in [2.45, 2.75) is 18.5 Å². The zero-order chi connectivity index (χ0) is 22.7. The molecule has 1 amide bonds. The number of amidine groups is 1. The van der Waals surface area contributed by atoms with Gasteiger partial charge in [0.05, 0.1) is 17.9 Å². The molecule has 4 aromatic carbocycles. The quantitative estimate of drug-likeness (QED) is 0.433. The first-order valence-electron chi connectivity index (χ1n) is 11.8. The van der Waals surface area contributed by atoms with Crippen LogP contribution in [0, 0.1) is 0 Å². The number of aliphatic imine (C=N–C) groups is 1. The molecule has 3 aliphatic rings. The van der Waals surface area contributed by atoms with E-state index in [-0.39, 0.29) is 5.91 Å². The van der Waals surface area contributed by atoms with E-state index in [0.717, 1.165) is 52.4 Å². The zero-order valence-electron chi connectivity index (χ0n) is 18.7. The number of benzene rings is 4.